The van der Waals surface area contributed by atoms with E-state index in [1.54, 1.807) is 11.3 Å². The zero-order valence-electron chi connectivity index (χ0n) is 10.7. The van der Waals surface area contributed by atoms with Gasteiger partial charge in [-0.2, -0.15) is 0 Å². The van der Waals surface area contributed by atoms with Crippen molar-refractivity contribution in [1.82, 2.24) is 4.98 Å². The van der Waals surface area contributed by atoms with E-state index in [9.17, 15) is 5.11 Å². The number of nitrogens with zero attached hydrogens (tertiary/aromatic N) is 1. The van der Waals surface area contributed by atoms with E-state index in [4.69, 9.17) is 4.42 Å². The molecule has 1 saturated carbocycles. The third kappa shape index (κ3) is 1.71. The minimum Gasteiger partial charge on any atom is -0.459 e. The Kier molecular flexibility index (Phi) is 2.79. The van der Waals surface area contributed by atoms with Crippen molar-refractivity contribution in [3.05, 3.63) is 28.5 Å². The van der Waals surface area contributed by atoms with Gasteiger partial charge in [-0.3, -0.25) is 0 Å². The second-order valence-electron chi connectivity index (χ2n) is 5.14. The fraction of sp³-hybridized carbons (Fsp3) is 0.500. The van der Waals surface area contributed by atoms with Crippen molar-refractivity contribution in [2.24, 2.45) is 0 Å². The first kappa shape index (κ1) is 11.9. The first-order valence-electron chi connectivity index (χ1n) is 6.30. The first-order chi connectivity index (χ1) is 8.64. The summed E-state index contributed by atoms with van der Waals surface area (Å²) in [4.78, 5) is 5.84. The van der Waals surface area contributed by atoms with Crippen LogP contribution < -0.4 is 0 Å². The van der Waals surface area contributed by atoms with Gasteiger partial charge in [0.05, 0.1) is 12.3 Å². The molecule has 2 aromatic rings. The van der Waals surface area contributed by atoms with Gasteiger partial charge in [0.25, 0.3) is 0 Å². The highest BCUT2D eigenvalue weighted by atomic mass is 32.1. The molecule has 0 aromatic carbocycles. The Labute approximate surface area is 110 Å². The molecule has 1 fully saturated rings. The van der Waals surface area contributed by atoms with Crippen molar-refractivity contribution >= 4 is 11.3 Å². The highest BCUT2D eigenvalue weighted by Gasteiger charge is 2.41. The Balaban J connectivity index is 2.01. The van der Waals surface area contributed by atoms with Gasteiger partial charge >= 0.3 is 0 Å². The molecule has 0 atom stereocenters. The largest absolute Gasteiger partial charge is 0.459 e. The average Bonchev–Trinajstić information content (AvgIpc) is 2.86. The highest BCUT2D eigenvalue weighted by molar-refractivity contribution is 7.15. The SMILES string of the molecule is Cc1ccc(-c2nc(C)c(C3(CO)CCC3)s2)o1. The second kappa shape index (κ2) is 4.21. The maximum Gasteiger partial charge on any atom is 0.162 e. The molecule has 2 aromatic heterocycles. The number of aromatic nitrogens is 1. The fourth-order valence-electron chi connectivity index (χ4n) is 2.60. The number of aliphatic hydroxyl groups excluding tert-OH is 1. The number of hydrogen-bond acceptors (Lipinski definition) is 4. The molecular formula is C14H17NO2S. The summed E-state index contributed by atoms with van der Waals surface area (Å²) in [7, 11) is 0. The third-order valence-electron chi connectivity index (χ3n) is 3.84. The molecule has 1 N–H and O–H groups in total. The monoisotopic (exact) mass is 263 g/mol. The van der Waals surface area contributed by atoms with E-state index in [1.807, 2.05) is 26.0 Å². The summed E-state index contributed by atoms with van der Waals surface area (Å²) >= 11 is 1.67. The zero-order chi connectivity index (χ0) is 12.8. The van der Waals surface area contributed by atoms with Crippen LogP contribution in [-0.2, 0) is 5.41 Å². The molecular weight excluding hydrogens is 246 g/mol. The van der Waals surface area contributed by atoms with Crippen molar-refractivity contribution < 1.29 is 9.52 Å². The predicted octanol–water partition coefficient (Wildman–Crippen LogP) is 3.43. The molecule has 0 saturated heterocycles. The van der Waals surface area contributed by atoms with Crippen LogP contribution in [0.4, 0.5) is 0 Å². The van der Waals surface area contributed by atoms with Gasteiger partial charge < -0.3 is 9.52 Å². The Morgan fingerprint density at radius 3 is 2.67 bits per heavy atom. The zero-order valence-corrected chi connectivity index (χ0v) is 11.5. The lowest BCUT2D eigenvalue weighted by molar-refractivity contribution is 0.122. The fourth-order valence-corrected chi connectivity index (χ4v) is 3.87. The molecule has 0 bridgehead atoms. The maximum absolute atomic E-state index is 9.65. The summed E-state index contributed by atoms with van der Waals surface area (Å²) < 4.78 is 5.62. The summed E-state index contributed by atoms with van der Waals surface area (Å²) in [6.45, 7) is 4.19. The number of thiazole rings is 1. The Hall–Kier alpha value is -1.13. The highest BCUT2D eigenvalue weighted by Crippen LogP contribution is 2.48. The summed E-state index contributed by atoms with van der Waals surface area (Å²) in [5, 5.41) is 10.6. The Morgan fingerprint density at radius 2 is 2.17 bits per heavy atom. The van der Waals surface area contributed by atoms with E-state index < -0.39 is 0 Å². The van der Waals surface area contributed by atoms with Crippen LogP contribution in [0, 0.1) is 13.8 Å². The predicted molar refractivity (Wildman–Crippen MR) is 71.9 cm³/mol. The molecule has 96 valence electrons. The van der Waals surface area contributed by atoms with Gasteiger partial charge in [-0.05, 0) is 38.8 Å². The molecule has 0 unspecified atom stereocenters. The van der Waals surface area contributed by atoms with Crippen molar-refractivity contribution in [2.75, 3.05) is 6.61 Å². The van der Waals surface area contributed by atoms with Crippen LogP contribution in [0.3, 0.4) is 0 Å². The number of rotatable bonds is 3. The van der Waals surface area contributed by atoms with Gasteiger partial charge in [0.15, 0.2) is 10.8 Å². The summed E-state index contributed by atoms with van der Waals surface area (Å²) in [6, 6.07) is 3.92. The summed E-state index contributed by atoms with van der Waals surface area (Å²) in [5.41, 5.74) is 1.01. The molecule has 3 rings (SSSR count). The lowest BCUT2D eigenvalue weighted by Crippen LogP contribution is -2.37. The first-order valence-corrected chi connectivity index (χ1v) is 7.12. The molecule has 0 radical (unpaired) electrons. The number of aliphatic hydroxyl groups is 1. The minimum absolute atomic E-state index is 0.0262. The summed E-state index contributed by atoms with van der Waals surface area (Å²) in [5.74, 6) is 1.74. The molecule has 2 heterocycles. The number of hydrogen-bond donors (Lipinski definition) is 1. The quantitative estimate of drug-likeness (QED) is 0.922. The summed E-state index contributed by atoms with van der Waals surface area (Å²) in [6.07, 6.45) is 3.35. The van der Waals surface area contributed by atoms with Crippen molar-refractivity contribution in [3.8, 4) is 10.8 Å². The molecule has 18 heavy (non-hydrogen) atoms. The van der Waals surface area contributed by atoms with Crippen molar-refractivity contribution in [2.45, 2.75) is 38.5 Å². The molecule has 0 aliphatic heterocycles. The van der Waals surface area contributed by atoms with Crippen LogP contribution in [0.5, 0.6) is 0 Å². The standard InChI is InChI=1S/C14H17NO2S/c1-9-4-5-11(17-9)13-15-10(2)12(18-13)14(8-16)6-3-7-14/h4-5,16H,3,6-8H2,1-2H3. The van der Waals surface area contributed by atoms with E-state index in [2.05, 4.69) is 4.98 Å². The smallest absolute Gasteiger partial charge is 0.162 e. The van der Waals surface area contributed by atoms with Gasteiger partial charge in [-0.25, -0.2) is 4.98 Å². The van der Waals surface area contributed by atoms with E-state index in [0.717, 1.165) is 35.1 Å². The van der Waals surface area contributed by atoms with Crippen molar-refractivity contribution in [1.29, 1.82) is 0 Å². The number of furan rings is 1. The van der Waals surface area contributed by atoms with Gasteiger partial charge in [-0.15, -0.1) is 11.3 Å². The van der Waals surface area contributed by atoms with Crippen LogP contribution in [0.15, 0.2) is 16.5 Å². The van der Waals surface area contributed by atoms with Crippen LogP contribution in [0.2, 0.25) is 0 Å². The molecule has 4 heteroatoms. The van der Waals surface area contributed by atoms with E-state index in [-0.39, 0.29) is 12.0 Å². The number of aryl methyl sites for hydroxylation is 2. The third-order valence-corrected chi connectivity index (χ3v) is 5.26. The van der Waals surface area contributed by atoms with Gasteiger partial charge in [-0.1, -0.05) is 6.42 Å². The minimum atomic E-state index is -0.0262. The average molecular weight is 263 g/mol. The van der Waals surface area contributed by atoms with E-state index in [0.29, 0.717) is 0 Å². The van der Waals surface area contributed by atoms with Gasteiger partial charge in [0, 0.05) is 10.3 Å². The second-order valence-corrected chi connectivity index (χ2v) is 6.13. The molecule has 1 aliphatic carbocycles. The lowest BCUT2D eigenvalue weighted by atomic mass is 9.68. The Morgan fingerprint density at radius 1 is 1.39 bits per heavy atom. The molecule has 0 amide bonds. The topological polar surface area (TPSA) is 46.3 Å². The van der Waals surface area contributed by atoms with Crippen LogP contribution in [0.25, 0.3) is 10.8 Å². The van der Waals surface area contributed by atoms with Crippen LogP contribution >= 0.6 is 11.3 Å². The normalized spacial score (nSPS) is 17.7. The van der Waals surface area contributed by atoms with Crippen LogP contribution in [-0.4, -0.2) is 16.7 Å². The molecule has 3 nitrogen and oxygen atoms in total. The Bertz CT molecular complexity index is 561. The van der Waals surface area contributed by atoms with Crippen molar-refractivity contribution in [3.63, 3.8) is 0 Å². The van der Waals surface area contributed by atoms with Crippen LogP contribution in [0.1, 0.15) is 35.6 Å². The van der Waals surface area contributed by atoms with Gasteiger partial charge in [0.1, 0.15) is 5.76 Å². The lowest BCUT2D eigenvalue weighted by Gasteiger charge is -2.39. The van der Waals surface area contributed by atoms with E-state index in [1.165, 1.54) is 11.3 Å². The van der Waals surface area contributed by atoms with E-state index >= 15 is 0 Å². The maximum atomic E-state index is 9.65. The molecule has 0 spiro atoms. The molecule has 1 aliphatic rings. The van der Waals surface area contributed by atoms with Gasteiger partial charge in [0.2, 0.25) is 0 Å².